The third kappa shape index (κ3) is 2.20. The predicted octanol–water partition coefficient (Wildman–Crippen LogP) is 4.18. The fraction of sp³-hybridized carbons (Fsp3) is 0.692. The van der Waals surface area contributed by atoms with E-state index in [2.05, 4.69) is 47.6 Å². The van der Waals surface area contributed by atoms with Gasteiger partial charge in [-0.05, 0) is 24.0 Å². The van der Waals surface area contributed by atoms with E-state index in [1.807, 2.05) is 6.92 Å². The van der Waals surface area contributed by atoms with Crippen LogP contribution in [-0.4, -0.2) is 0 Å². The lowest BCUT2D eigenvalue weighted by Gasteiger charge is -2.24. The van der Waals surface area contributed by atoms with Crippen LogP contribution in [0.2, 0.25) is 0 Å². The van der Waals surface area contributed by atoms with Crippen molar-refractivity contribution in [1.82, 2.24) is 0 Å². The highest BCUT2D eigenvalue weighted by Gasteiger charge is 2.28. The van der Waals surface area contributed by atoms with E-state index in [-0.39, 0.29) is 10.8 Å². The Balaban J connectivity index is 3.31. The van der Waals surface area contributed by atoms with Crippen LogP contribution in [0.25, 0.3) is 0 Å². The van der Waals surface area contributed by atoms with Crippen molar-refractivity contribution in [1.29, 1.82) is 0 Å². The molecule has 0 unspecified atom stereocenters. The first-order chi connectivity index (χ1) is 6.12. The molecule has 0 saturated heterocycles. The molecule has 0 bridgehead atoms. The van der Waals surface area contributed by atoms with Gasteiger partial charge in [0.25, 0.3) is 0 Å². The molecular weight excluding hydrogens is 172 g/mol. The lowest BCUT2D eigenvalue weighted by atomic mass is 9.80. The van der Waals surface area contributed by atoms with Gasteiger partial charge < -0.3 is 4.42 Å². The van der Waals surface area contributed by atoms with Gasteiger partial charge in [-0.3, -0.25) is 0 Å². The molecule has 0 amide bonds. The summed E-state index contributed by atoms with van der Waals surface area (Å²) in [5.41, 5.74) is 1.60. The van der Waals surface area contributed by atoms with Crippen LogP contribution in [0.5, 0.6) is 0 Å². The molecule has 0 aliphatic heterocycles. The molecule has 1 aromatic heterocycles. The van der Waals surface area contributed by atoms with Crippen LogP contribution in [0.4, 0.5) is 0 Å². The minimum Gasteiger partial charge on any atom is -0.466 e. The summed E-state index contributed by atoms with van der Waals surface area (Å²) in [6, 6.07) is 2.17. The third-order valence-corrected chi connectivity index (χ3v) is 2.34. The van der Waals surface area contributed by atoms with E-state index in [1.165, 1.54) is 5.56 Å². The second-order valence-electron chi connectivity index (χ2n) is 6.10. The SMILES string of the molecule is Cc1cc(C(C)(C)C)c(C(C)(C)C)o1. The van der Waals surface area contributed by atoms with E-state index in [0.717, 1.165) is 11.5 Å². The Labute approximate surface area is 87.5 Å². The maximum Gasteiger partial charge on any atom is 0.113 e. The molecule has 0 atom stereocenters. The van der Waals surface area contributed by atoms with Gasteiger partial charge in [0.1, 0.15) is 11.5 Å². The standard InChI is InChI=1S/C13H22O/c1-9-8-10(12(2,3)4)11(14-9)13(5,6)7/h8H,1-7H3. The highest BCUT2D eigenvalue weighted by molar-refractivity contribution is 5.32. The van der Waals surface area contributed by atoms with Crippen LogP contribution >= 0.6 is 0 Å². The summed E-state index contributed by atoms with van der Waals surface area (Å²) in [7, 11) is 0. The summed E-state index contributed by atoms with van der Waals surface area (Å²) in [6.07, 6.45) is 0. The highest BCUT2D eigenvalue weighted by atomic mass is 16.3. The molecule has 1 nitrogen and oxygen atoms in total. The number of hydrogen-bond acceptors (Lipinski definition) is 1. The Morgan fingerprint density at radius 1 is 0.929 bits per heavy atom. The smallest absolute Gasteiger partial charge is 0.113 e. The largest absolute Gasteiger partial charge is 0.466 e. The molecular formula is C13H22O. The lowest BCUT2D eigenvalue weighted by molar-refractivity contribution is 0.381. The first kappa shape index (κ1) is 11.4. The van der Waals surface area contributed by atoms with Crippen LogP contribution < -0.4 is 0 Å². The van der Waals surface area contributed by atoms with Crippen molar-refractivity contribution >= 4 is 0 Å². The Morgan fingerprint density at radius 2 is 1.43 bits per heavy atom. The van der Waals surface area contributed by atoms with Crippen LogP contribution in [0.15, 0.2) is 10.5 Å². The highest BCUT2D eigenvalue weighted by Crippen LogP contribution is 2.35. The number of aryl methyl sites for hydroxylation is 1. The van der Waals surface area contributed by atoms with Gasteiger partial charge in [0.15, 0.2) is 0 Å². The molecule has 1 heteroatoms. The van der Waals surface area contributed by atoms with Crippen molar-refractivity contribution < 1.29 is 4.42 Å². The quantitative estimate of drug-likeness (QED) is 0.603. The molecule has 0 saturated carbocycles. The minimum atomic E-state index is 0.0941. The molecule has 1 heterocycles. The van der Waals surface area contributed by atoms with Gasteiger partial charge in [-0.2, -0.15) is 0 Å². The monoisotopic (exact) mass is 194 g/mol. The van der Waals surface area contributed by atoms with E-state index in [9.17, 15) is 0 Å². The van der Waals surface area contributed by atoms with Gasteiger partial charge in [0, 0.05) is 5.41 Å². The Kier molecular flexibility index (Phi) is 2.55. The van der Waals surface area contributed by atoms with Crippen molar-refractivity contribution in [3.05, 3.63) is 23.2 Å². The number of hydrogen-bond donors (Lipinski definition) is 0. The van der Waals surface area contributed by atoms with Gasteiger partial charge in [-0.25, -0.2) is 0 Å². The molecule has 0 aromatic carbocycles. The average molecular weight is 194 g/mol. The van der Waals surface area contributed by atoms with Crippen molar-refractivity contribution in [2.75, 3.05) is 0 Å². The fourth-order valence-electron chi connectivity index (χ4n) is 1.63. The molecule has 0 N–H and O–H groups in total. The third-order valence-electron chi connectivity index (χ3n) is 2.34. The summed E-state index contributed by atoms with van der Waals surface area (Å²) >= 11 is 0. The minimum absolute atomic E-state index is 0.0941. The fourth-order valence-corrected chi connectivity index (χ4v) is 1.63. The van der Waals surface area contributed by atoms with Gasteiger partial charge in [-0.1, -0.05) is 41.5 Å². The van der Waals surface area contributed by atoms with Crippen molar-refractivity contribution in [2.24, 2.45) is 0 Å². The molecule has 0 aliphatic rings. The molecule has 0 radical (unpaired) electrons. The van der Waals surface area contributed by atoms with Crippen LogP contribution in [0.1, 0.15) is 58.6 Å². The van der Waals surface area contributed by atoms with Gasteiger partial charge >= 0.3 is 0 Å². The lowest BCUT2D eigenvalue weighted by Crippen LogP contribution is -2.19. The molecule has 1 rings (SSSR count). The zero-order chi connectivity index (χ0) is 11.1. The molecule has 14 heavy (non-hydrogen) atoms. The topological polar surface area (TPSA) is 13.1 Å². The van der Waals surface area contributed by atoms with E-state index < -0.39 is 0 Å². The maximum absolute atomic E-state index is 5.81. The number of furan rings is 1. The molecule has 0 aliphatic carbocycles. The molecule has 1 aromatic rings. The summed E-state index contributed by atoms with van der Waals surface area (Å²) < 4.78 is 5.81. The molecule has 80 valence electrons. The van der Waals surface area contributed by atoms with Crippen LogP contribution in [0.3, 0.4) is 0 Å². The summed E-state index contributed by atoms with van der Waals surface area (Å²) in [6.45, 7) is 15.3. The Morgan fingerprint density at radius 3 is 1.71 bits per heavy atom. The molecule has 0 fully saturated rings. The van der Waals surface area contributed by atoms with Crippen LogP contribution in [-0.2, 0) is 10.8 Å². The number of rotatable bonds is 0. The first-order valence-corrected chi connectivity index (χ1v) is 5.24. The second-order valence-corrected chi connectivity index (χ2v) is 6.10. The van der Waals surface area contributed by atoms with Crippen molar-refractivity contribution in [3.8, 4) is 0 Å². The first-order valence-electron chi connectivity index (χ1n) is 5.24. The normalized spacial score (nSPS) is 13.4. The van der Waals surface area contributed by atoms with Crippen molar-refractivity contribution in [3.63, 3.8) is 0 Å². The summed E-state index contributed by atoms with van der Waals surface area (Å²) in [5.74, 6) is 2.14. The van der Waals surface area contributed by atoms with E-state index >= 15 is 0 Å². The summed E-state index contributed by atoms with van der Waals surface area (Å²) in [4.78, 5) is 0. The second kappa shape index (κ2) is 3.15. The summed E-state index contributed by atoms with van der Waals surface area (Å²) in [5, 5.41) is 0. The molecule has 0 spiro atoms. The predicted molar refractivity (Wildman–Crippen MR) is 60.8 cm³/mol. The van der Waals surface area contributed by atoms with E-state index in [4.69, 9.17) is 4.42 Å². The zero-order valence-corrected chi connectivity index (χ0v) is 10.5. The average Bonchev–Trinajstić information content (AvgIpc) is 2.27. The van der Waals surface area contributed by atoms with Crippen LogP contribution in [0, 0.1) is 6.92 Å². The van der Waals surface area contributed by atoms with Crippen molar-refractivity contribution in [2.45, 2.75) is 59.3 Å². The van der Waals surface area contributed by atoms with Gasteiger partial charge in [0.05, 0.1) is 0 Å². The van der Waals surface area contributed by atoms with E-state index in [0.29, 0.717) is 0 Å². The van der Waals surface area contributed by atoms with Gasteiger partial charge in [0.2, 0.25) is 0 Å². The van der Waals surface area contributed by atoms with E-state index in [1.54, 1.807) is 0 Å². The zero-order valence-electron chi connectivity index (χ0n) is 10.5. The van der Waals surface area contributed by atoms with Gasteiger partial charge in [-0.15, -0.1) is 0 Å². The Hall–Kier alpha value is -0.720. The maximum atomic E-state index is 5.81. The Bertz CT molecular complexity index is 286.